The Labute approximate surface area is 115 Å². The molecular weight excluding hydrogens is 262 g/mol. The summed E-state index contributed by atoms with van der Waals surface area (Å²) in [7, 11) is 0. The van der Waals surface area contributed by atoms with Gasteiger partial charge in [0.25, 0.3) is 0 Å². The third-order valence-corrected chi connectivity index (χ3v) is 2.20. The van der Waals surface area contributed by atoms with Crippen molar-refractivity contribution < 1.29 is 19.1 Å². The number of nitrogens with zero attached hydrogens (tertiary/aromatic N) is 3. The van der Waals surface area contributed by atoms with E-state index in [0.29, 0.717) is 11.3 Å². The first kappa shape index (κ1) is 15.3. The summed E-state index contributed by atoms with van der Waals surface area (Å²) in [6.45, 7) is 4.80. The van der Waals surface area contributed by atoms with Crippen LogP contribution in [0.2, 0.25) is 0 Å². The smallest absolute Gasteiger partial charge is 0.338 e. The number of azide groups is 1. The minimum atomic E-state index is -0.577. The quantitative estimate of drug-likeness (QED) is 0.262. The molecule has 0 fully saturated rings. The molecule has 0 saturated carbocycles. The molecule has 1 aromatic carbocycles. The number of hydrogen-bond acceptors (Lipinski definition) is 5. The molecule has 0 spiro atoms. The van der Waals surface area contributed by atoms with Gasteiger partial charge in [-0.1, -0.05) is 23.8 Å². The molecule has 0 aliphatic carbocycles. The standard InChI is InChI=1S/C13H13N3O4/c1-3-12(17)20-9(2)8-19-13(18)10-4-6-11(7-5-10)15-16-14/h3-7,9H,1,8H2,2H3. The van der Waals surface area contributed by atoms with Gasteiger partial charge in [0.15, 0.2) is 0 Å². The van der Waals surface area contributed by atoms with Crippen LogP contribution < -0.4 is 0 Å². The second-order valence-electron chi connectivity index (χ2n) is 3.79. The van der Waals surface area contributed by atoms with Crippen LogP contribution in [-0.2, 0) is 14.3 Å². The molecule has 7 nitrogen and oxygen atoms in total. The van der Waals surface area contributed by atoms with E-state index in [1.807, 2.05) is 0 Å². The van der Waals surface area contributed by atoms with Crippen LogP contribution in [0.3, 0.4) is 0 Å². The van der Waals surface area contributed by atoms with Crippen molar-refractivity contribution in [1.29, 1.82) is 0 Å². The molecule has 0 N–H and O–H groups in total. The minimum Gasteiger partial charge on any atom is -0.458 e. The van der Waals surface area contributed by atoms with Crippen molar-refractivity contribution in [1.82, 2.24) is 0 Å². The Morgan fingerprint density at radius 2 is 2.10 bits per heavy atom. The zero-order valence-corrected chi connectivity index (χ0v) is 10.9. The average molecular weight is 275 g/mol. The lowest BCUT2D eigenvalue weighted by molar-refractivity contribution is -0.144. The van der Waals surface area contributed by atoms with Gasteiger partial charge in [-0.05, 0) is 24.6 Å². The van der Waals surface area contributed by atoms with Crippen molar-refractivity contribution in [3.05, 3.63) is 52.9 Å². The minimum absolute atomic E-state index is 0.0590. The maximum absolute atomic E-state index is 11.7. The van der Waals surface area contributed by atoms with Crippen molar-refractivity contribution in [2.75, 3.05) is 6.61 Å². The van der Waals surface area contributed by atoms with Crippen LogP contribution in [0.5, 0.6) is 0 Å². The van der Waals surface area contributed by atoms with E-state index in [2.05, 4.69) is 16.6 Å². The summed E-state index contributed by atoms with van der Waals surface area (Å²) in [5.41, 5.74) is 8.96. The van der Waals surface area contributed by atoms with Crippen molar-refractivity contribution in [2.45, 2.75) is 13.0 Å². The normalized spacial score (nSPS) is 10.8. The van der Waals surface area contributed by atoms with Gasteiger partial charge < -0.3 is 9.47 Å². The molecule has 1 unspecified atom stereocenters. The van der Waals surface area contributed by atoms with E-state index in [0.717, 1.165) is 6.08 Å². The fourth-order valence-corrected chi connectivity index (χ4v) is 1.27. The first-order valence-electron chi connectivity index (χ1n) is 5.72. The first-order valence-corrected chi connectivity index (χ1v) is 5.72. The summed E-state index contributed by atoms with van der Waals surface area (Å²) in [4.78, 5) is 25.2. The summed E-state index contributed by atoms with van der Waals surface area (Å²) in [5, 5.41) is 3.38. The van der Waals surface area contributed by atoms with Crippen LogP contribution in [-0.4, -0.2) is 24.6 Å². The Morgan fingerprint density at radius 3 is 2.65 bits per heavy atom. The molecule has 0 aliphatic heterocycles. The molecule has 0 amide bonds. The topological polar surface area (TPSA) is 101 Å². The van der Waals surface area contributed by atoms with Gasteiger partial charge >= 0.3 is 11.9 Å². The van der Waals surface area contributed by atoms with E-state index in [1.54, 1.807) is 6.92 Å². The molecule has 0 radical (unpaired) electrons. The van der Waals surface area contributed by atoms with E-state index < -0.39 is 18.0 Å². The highest BCUT2D eigenvalue weighted by atomic mass is 16.6. The summed E-state index contributed by atoms with van der Waals surface area (Å²) in [6.07, 6.45) is 0.471. The summed E-state index contributed by atoms with van der Waals surface area (Å²) in [5.74, 6) is -1.13. The van der Waals surface area contributed by atoms with Crippen LogP contribution in [0, 0.1) is 0 Å². The molecular formula is C13H13N3O4. The molecule has 20 heavy (non-hydrogen) atoms. The summed E-state index contributed by atoms with van der Waals surface area (Å²) in [6, 6.07) is 5.95. The SMILES string of the molecule is C=CC(=O)OC(C)COC(=O)c1ccc(N=[N+]=[N-])cc1. The predicted molar refractivity (Wildman–Crippen MR) is 71.3 cm³/mol. The van der Waals surface area contributed by atoms with E-state index in [4.69, 9.17) is 15.0 Å². The van der Waals surface area contributed by atoms with Gasteiger partial charge in [-0.3, -0.25) is 0 Å². The van der Waals surface area contributed by atoms with Gasteiger partial charge in [0.1, 0.15) is 12.7 Å². The lowest BCUT2D eigenvalue weighted by Crippen LogP contribution is -2.21. The number of rotatable bonds is 6. The zero-order valence-electron chi connectivity index (χ0n) is 10.9. The van der Waals surface area contributed by atoms with Gasteiger partial charge in [-0.2, -0.15) is 0 Å². The van der Waals surface area contributed by atoms with Crippen molar-refractivity contribution in [3.8, 4) is 0 Å². The number of carbonyl (C=O) groups is 2. The zero-order chi connectivity index (χ0) is 15.0. The number of esters is 2. The third-order valence-electron chi connectivity index (χ3n) is 2.20. The molecule has 0 aromatic heterocycles. The number of ether oxygens (including phenoxy) is 2. The maximum atomic E-state index is 11.7. The fraction of sp³-hybridized carbons (Fsp3) is 0.231. The molecule has 1 aromatic rings. The van der Waals surface area contributed by atoms with Gasteiger partial charge in [-0.25, -0.2) is 9.59 Å². The van der Waals surface area contributed by atoms with Crippen LogP contribution >= 0.6 is 0 Å². The van der Waals surface area contributed by atoms with E-state index in [-0.39, 0.29) is 6.61 Å². The average Bonchev–Trinajstić information content (AvgIpc) is 2.45. The Bertz CT molecular complexity index is 547. The Kier molecular flexibility index (Phi) is 5.80. The molecule has 104 valence electrons. The second kappa shape index (κ2) is 7.60. The molecule has 1 rings (SSSR count). The summed E-state index contributed by atoms with van der Waals surface area (Å²) < 4.78 is 9.83. The highest BCUT2D eigenvalue weighted by Crippen LogP contribution is 2.13. The molecule has 1 atom stereocenters. The second-order valence-corrected chi connectivity index (χ2v) is 3.79. The van der Waals surface area contributed by atoms with Crippen LogP contribution in [0.15, 0.2) is 42.0 Å². The lowest BCUT2D eigenvalue weighted by atomic mass is 10.2. The summed E-state index contributed by atoms with van der Waals surface area (Å²) >= 11 is 0. The lowest BCUT2D eigenvalue weighted by Gasteiger charge is -2.12. The van der Waals surface area contributed by atoms with Crippen LogP contribution in [0.4, 0.5) is 5.69 Å². The highest BCUT2D eigenvalue weighted by molar-refractivity contribution is 5.89. The largest absolute Gasteiger partial charge is 0.458 e. The van der Waals surface area contributed by atoms with Gasteiger partial charge in [-0.15, -0.1) is 0 Å². The molecule has 7 heteroatoms. The Balaban J connectivity index is 2.52. The van der Waals surface area contributed by atoms with Crippen molar-refractivity contribution in [3.63, 3.8) is 0 Å². The molecule has 0 saturated heterocycles. The highest BCUT2D eigenvalue weighted by Gasteiger charge is 2.11. The molecule has 0 bridgehead atoms. The predicted octanol–water partition coefficient (Wildman–Crippen LogP) is 2.90. The first-order chi connectivity index (χ1) is 9.56. The number of benzene rings is 1. The number of carbonyl (C=O) groups excluding carboxylic acids is 2. The number of hydrogen-bond donors (Lipinski definition) is 0. The van der Waals surface area contributed by atoms with Gasteiger partial charge in [0.2, 0.25) is 0 Å². The fourth-order valence-electron chi connectivity index (χ4n) is 1.27. The molecule has 0 heterocycles. The Morgan fingerprint density at radius 1 is 1.45 bits per heavy atom. The monoisotopic (exact) mass is 275 g/mol. The van der Waals surface area contributed by atoms with E-state index in [9.17, 15) is 9.59 Å². The molecule has 0 aliphatic rings. The maximum Gasteiger partial charge on any atom is 0.338 e. The van der Waals surface area contributed by atoms with Crippen LogP contribution in [0.1, 0.15) is 17.3 Å². The van der Waals surface area contributed by atoms with Crippen LogP contribution in [0.25, 0.3) is 10.4 Å². The third kappa shape index (κ3) is 4.83. The van der Waals surface area contributed by atoms with Crippen molar-refractivity contribution >= 4 is 17.6 Å². The Hall–Kier alpha value is -2.79. The van der Waals surface area contributed by atoms with Crippen molar-refractivity contribution in [2.24, 2.45) is 5.11 Å². The van der Waals surface area contributed by atoms with E-state index >= 15 is 0 Å². The van der Waals surface area contributed by atoms with Gasteiger partial charge in [0, 0.05) is 16.7 Å². The van der Waals surface area contributed by atoms with E-state index in [1.165, 1.54) is 24.3 Å². The van der Waals surface area contributed by atoms with Gasteiger partial charge in [0.05, 0.1) is 5.56 Å².